The summed E-state index contributed by atoms with van der Waals surface area (Å²) in [6.07, 6.45) is 3.60. The SMILES string of the molecule is CC(=O)SCCC1OC(n2cnc3c(NC(=O)c4ccccc4)ncnc32)CC1COC(=O)C(C)(C)C. The van der Waals surface area contributed by atoms with Crippen molar-refractivity contribution in [3.8, 4) is 0 Å². The summed E-state index contributed by atoms with van der Waals surface area (Å²) in [5.41, 5.74) is 0.873. The van der Waals surface area contributed by atoms with Crippen LogP contribution in [-0.2, 0) is 19.1 Å². The van der Waals surface area contributed by atoms with Gasteiger partial charge in [-0.1, -0.05) is 30.0 Å². The van der Waals surface area contributed by atoms with Gasteiger partial charge in [-0.2, -0.15) is 0 Å². The summed E-state index contributed by atoms with van der Waals surface area (Å²) in [7, 11) is 0. The molecule has 1 N–H and O–H groups in total. The fourth-order valence-electron chi connectivity index (χ4n) is 4.08. The molecule has 10 nitrogen and oxygen atoms in total. The number of fused-ring (bicyclic) bond motifs is 1. The first kappa shape index (κ1) is 26.7. The van der Waals surface area contributed by atoms with E-state index in [4.69, 9.17) is 9.47 Å². The fraction of sp³-hybridized carbons (Fsp3) is 0.462. The summed E-state index contributed by atoms with van der Waals surface area (Å²) in [6, 6.07) is 8.85. The standard InChI is InChI=1S/C26H31N5O5S/c1-16(32)37-11-10-19-18(13-35-25(34)26(2,3)4)12-20(36-19)31-15-29-21-22(27-14-28-23(21)31)30-24(33)17-8-6-5-7-9-17/h5-9,14-15,18-20H,10-13H2,1-4H3,(H,27,28,30,33). The van der Waals surface area contributed by atoms with Gasteiger partial charge in [0.2, 0.25) is 0 Å². The number of hydrogen-bond acceptors (Lipinski definition) is 9. The number of hydrogen-bond donors (Lipinski definition) is 1. The molecule has 4 rings (SSSR count). The molecule has 3 unspecified atom stereocenters. The van der Waals surface area contributed by atoms with Crippen LogP contribution in [-0.4, -0.2) is 55.0 Å². The molecule has 0 radical (unpaired) electrons. The highest BCUT2D eigenvalue weighted by Gasteiger charge is 2.38. The number of anilines is 1. The van der Waals surface area contributed by atoms with Crippen LogP contribution in [0.15, 0.2) is 43.0 Å². The van der Waals surface area contributed by atoms with E-state index in [1.165, 1.54) is 25.0 Å². The third-order valence-corrected chi connectivity index (χ3v) is 6.89. The van der Waals surface area contributed by atoms with Crippen LogP contribution in [0.1, 0.15) is 57.1 Å². The van der Waals surface area contributed by atoms with Crippen LogP contribution in [0.2, 0.25) is 0 Å². The molecule has 37 heavy (non-hydrogen) atoms. The topological polar surface area (TPSA) is 125 Å². The summed E-state index contributed by atoms with van der Waals surface area (Å²) in [5.74, 6) is 0.295. The van der Waals surface area contributed by atoms with E-state index in [9.17, 15) is 14.4 Å². The average Bonchev–Trinajstić information content (AvgIpc) is 3.47. The van der Waals surface area contributed by atoms with Crippen molar-refractivity contribution in [1.82, 2.24) is 19.5 Å². The quantitative estimate of drug-likeness (QED) is 0.430. The summed E-state index contributed by atoms with van der Waals surface area (Å²) >= 11 is 1.25. The first-order chi connectivity index (χ1) is 17.6. The van der Waals surface area contributed by atoms with Crippen LogP contribution in [0.25, 0.3) is 11.2 Å². The van der Waals surface area contributed by atoms with Crippen LogP contribution < -0.4 is 5.32 Å². The maximum atomic E-state index is 12.7. The zero-order valence-electron chi connectivity index (χ0n) is 21.3. The molecular formula is C26H31N5O5S. The first-order valence-corrected chi connectivity index (χ1v) is 13.1. The van der Waals surface area contributed by atoms with Crippen LogP contribution in [0.5, 0.6) is 0 Å². The minimum absolute atomic E-state index is 0.0487. The Balaban J connectivity index is 1.52. The van der Waals surface area contributed by atoms with Crippen LogP contribution >= 0.6 is 11.8 Å². The molecule has 11 heteroatoms. The van der Waals surface area contributed by atoms with E-state index in [1.54, 1.807) is 30.6 Å². The number of benzene rings is 1. The normalized spacial score (nSPS) is 19.6. The smallest absolute Gasteiger partial charge is 0.311 e. The second kappa shape index (κ2) is 11.4. The molecule has 0 saturated carbocycles. The fourth-order valence-corrected chi connectivity index (χ4v) is 4.72. The highest BCUT2D eigenvalue weighted by Crippen LogP contribution is 2.38. The van der Waals surface area contributed by atoms with Crippen molar-refractivity contribution >= 4 is 45.7 Å². The van der Waals surface area contributed by atoms with E-state index >= 15 is 0 Å². The van der Waals surface area contributed by atoms with Crippen LogP contribution in [0, 0.1) is 11.3 Å². The van der Waals surface area contributed by atoms with Crippen molar-refractivity contribution in [2.75, 3.05) is 17.7 Å². The first-order valence-electron chi connectivity index (χ1n) is 12.1. The molecule has 1 aliphatic heterocycles. The van der Waals surface area contributed by atoms with Gasteiger partial charge < -0.3 is 14.8 Å². The molecule has 3 aromatic rings. The van der Waals surface area contributed by atoms with Gasteiger partial charge in [-0.3, -0.25) is 19.0 Å². The second-order valence-corrected chi connectivity index (χ2v) is 11.2. The number of carbonyl (C=O) groups excluding carboxylic acids is 3. The number of nitrogens with zero attached hydrogens (tertiary/aromatic N) is 4. The molecular weight excluding hydrogens is 494 g/mol. The van der Waals surface area contributed by atoms with E-state index in [-0.39, 0.29) is 35.6 Å². The molecule has 0 bridgehead atoms. The molecule has 1 fully saturated rings. The molecule has 1 saturated heterocycles. The van der Waals surface area contributed by atoms with Crippen molar-refractivity contribution in [3.05, 3.63) is 48.5 Å². The van der Waals surface area contributed by atoms with Crippen LogP contribution in [0.3, 0.4) is 0 Å². The molecule has 1 aromatic carbocycles. The Morgan fingerprint density at radius 1 is 1.16 bits per heavy atom. The maximum Gasteiger partial charge on any atom is 0.311 e. The lowest BCUT2D eigenvalue weighted by Gasteiger charge is -2.21. The third-order valence-electron chi connectivity index (χ3n) is 6.05. The Labute approximate surface area is 219 Å². The van der Waals surface area contributed by atoms with Gasteiger partial charge in [-0.15, -0.1) is 0 Å². The van der Waals surface area contributed by atoms with Crippen molar-refractivity contribution in [3.63, 3.8) is 0 Å². The monoisotopic (exact) mass is 525 g/mol. The molecule has 3 atom stereocenters. The number of nitrogens with one attached hydrogen (secondary N) is 1. The summed E-state index contributed by atoms with van der Waals surface area (Å²) < 4.78 is 13.8. The molecule has 0 aliphatic carbocycles. The Kier molecular flexibility index (Phi) is 8.23. The number of amides is 1. The number of esters is 1. The Morgan fingerprint density at radius 2 is 1.92 bits per heavy atom. The van der Waals surface area contributed by atoms with E-state index in [0.717, 1.165) is 0 Å². The summed E-state index contributed by atoms with van der Waals surface area (Å²) in [5, 5.41) is 2.86. The Bertz CT molecular complexity index is 1270. The van der Waals surface area contributed by atoms with Gasteiger partial charge in [0.05, 0.1) is 24.5 Å². The van der Waals surface area contributed by atoms with Gasteiger partial charge >= 0.3 is 5.97 Å². The number of aromatic nitrogens is 4. The van der Waals surface area contributed by atoms with Gasteiger partial charge in [0.25, 0.3) is 5.91 Å². The highest BCUT2D eigenvalue weighted by molar-refractivity contribution is 8.13. The van der Waals surface area contributed by atoms with E-state index in [1.807, 2.05) is 31.4 Å². The highest BCUT2D eigenvalue weighted by atomic mass is 32.2. The molecule has 1 amide bonds. The van der Waals surface area contributed by atoms with E-state index in [2.05, 4.69) is 20.3 Å². The summed E-state index contributed by atoms with van der Waals surface area (Å²) in [4.78, 5) is 49.5. The molecule has 3 heterocycles. The summed E-state index contributed by atoms with van der Waals surface area (Å²) in [6.45, 7) is 7.21. The Hall–Kier alpha value is -3.31. The van der Waals surface area contributed by atoms with Gasteiger partial charge in [-0.25, -0.2) is 15.0 Å². The largest absolute Gasteiger partial charge is 0.465 e. The minimum Gasteiger partial charge on any atom is -0.465 e. The number of thioether (sulfide) groups is 1. The number of rotatable bonds is 8. The molecule has 1 aliphatic rings. The van der Waals surface area contributed by atoms with Gasteiger partial charge in [0, 0.05) is 30.6 Å². The van der Waals surface area contributed by atoms with Gasteiger partial charge in [-0.05, 0) is 39.3 Å². The number of imidazole rings is 1. The van der Waals surface area contributed by atoms with E-state index in [0.29, 0.717) is 41.1 Å². The molecule has 196 valence electrons. The lowest BCUT2D eigenvalue weighted by Crippen LogP contribution is -2.28. The second-order valence-electron chi connectivity index (χ2n) is 9.97. The third kappa shape index (κ3) is 6.53. The predicted molar refractivity (Wildman–Crippen MR) is 140 cm³/mol. The molecule has 2 aromatic heterocycles. The Morgan fingerprint density at radius 3 is 2.62 bits per heavy atom. The number of ether oxygens (including phenoxy) is 2. The van der Waals surface area contributed by atoms with Gasteiger partial charge in [0.15, 0.2) is 22.1 Å². The van der Waals surface area contributed by atoms with Crippen molar-refractivity contribution < 1.29 is 23.9 Å². The average molecular weight is 526 g/mol. The lowest BCUT2D eigenvalue weighted by atomic mass is 9.96. The van der Waals surface area contributed by atoms with Crippen LogP contribution in [0.4, 0.5) is 5.82 Å². The zero-order valence-corrected chi connectivity index (χ0v) is 22.2. The minimum atomic E-state index is -0.600. The van der Waals surface area contributed by atoms with Crippen molar-refractivity contribution in [2.24, 2.45) is 11.3 Å². The molecule has 0 spiro atoms. The lowest BCUT2D eigenvalue weighted by molar-refractivity contribution is -0.154. The number of carbonyl (C=O) groups is 3. The predicted octanol–water partition coefficient (Wildman–Crippen LogP) is 4.24. The van der Waals surface area contributed by atoms with Crippen molar-refractivity contribution in [2.45, 2.75) is 52.9 Å². The van der Waals surface area contributed by atoms with Crippen molar-refractivity contribution in [1.29, 1.82) is 0 Å². The maximum absolute atomic E-state index is 12.7. The zero-order chi connectivity index (χ0) is 26.6. The van der Waals surface area contributed by atoms with E-state index < -0.39 is 11.6 Å². The van der Waals surface area contributed by atoms with Gasteiger partial charge in [0.1, 0.15) is 12.6 Å².